The molecule has 25 heavy (non-hydrogen) atoms. The largest absolute Gasteiger partial charge is 0.459 e. The summed E-state index contributed by atoms with van der Waals surface area (Å²) in [4.78, 5) is 26.8. The van der Waals surface area contributed by atoms with Crippen LogP contribution in [0.4, 0.5) is 0 Å². The predicted molar refractivity (Wildman–Crippen MR) is 95.2 cm³/mol. The predicted octanol–water partition coefficient (Wildman–Crippen LogP) is 3.38. The summed E-state index contributed by atoms with van der Waals surface area (Å²) in [6, 6.07) is 9.09. The Labute approximate surface area is 148 Å². The second-order valence-corrected chi connectivity index (χ2v) is 6.71. The minimum absolute atomic E-state index is 0.0550. The van der Waals surface area contributed by atoms with E-state index >= 15 is 0 Å². The van der Waals surface area contributed by atoms with E-state index in [2.05, 4.69) is 37.4 Å². The van der Waals surface area contributed by atoms with E-state index in [4.69, 9.17) is 4.42 Å². The molecule has 0 radical (unpaired) electrons. The summed E-state index contributed by atoms with van der Waals surface area (Å²) in [6.45, 7) is 6.62. The van der Waals surface area contributed by atoms with Gasteiger partial charge in [-0.15, -0.1) is 0 Å². The lowest BCUT2D eigenvalue weighted by atomic mass is 9.99. The fraction of sp³-hybridized carbons (Fsp3) is 0.400. The van der Waals surface area contributed by atoms with Gasteiger partial charge in [0.15, 0.2) is 5.76 Å². The number of benzene rings is 1. The Morgan fingerprint density at radius 1 is 1.24 bits per heavy atom. The molecule has 1 aromatic carbocycles. The number of aryl methyl sites for hydroxylation is 2. The first-order valence-corrected chi connectivity index (χ1v) is 8.69. The molecule has 1 aliphatic heterocycles. The summed E-state index contributed by atoms with van der Waals surface area (Å²) in [5, 5.41) is 2.73. The minimum atomic E-state index is -0.593. The molecule has 2 atom stereocenters. The summed E-state index contributed by atoms with van der Waals surface area (Å²) in [6.07, 6.45) is 3.37. The summed E-state index contributed by atoms with van der Waals surface area (Å²) in [7, 11) is 0. The van der Waals surface area contributed by atoms with Gasteiger partial charge >= 0.3 is 0 Å². The summed E-state index contributed by atoms with van der Waals surface area (Å²) in [5.74, 6) is -0.208. The molecule has 0 unspecified atom stereocenters. The van der Waals surface area contributed by atoms with E-state index in [1.54, 1.807) is 19.1 Å². The number of rotatable bonds is 4. The number of carbonyl (C=O) groups excluding carboxylic acids is 2. The maximum Gasteiger partial charge on any atom is 0.287 e. The van der Waals surface area contributed by atoms with Crippen LogP contribution in [0.5, 0.6) is 0 Å². The van der Waals surface area contributed by atoms with E-state index in [0.29, 0.717) is 0 Å². The van der Waals surface area contributed by atoms with Gasteiger partial charge < -0.3 is 14.6 Å². The van der Waals surface area contributed by atoms with Gasteiger partial charge in [-0.3, -0.25) is 9.59 Å². The van der Waals surface area contributed by atoms with Crippen LogP contribution in [0, 0.1) is 13.8 Å². The Hall–Kier alpha value is -2.56. The number of hydrogen-bond acceptors (Lipinski definition) is 3. The molecule has 0 saturated carbocycles. The highest BCUT2D eigenvalue weighted by molar-refractivity contribution is 5.95. The molecule has 0 aliphatic carbocycles. The molecule has 5 heteroatoms. The molecule has 1 aromatic heterocycles. The molecular weight excluding hydrogens is 316 g/mol. The second-order valence-electron chi connectivity index (χ2n) is 6.71. The molecule has 2 heterocycles. The van der Waals surface area contributed by atoms with E-state index in [1.165, 1.54) is 23.0 Å². The highest BCUT2D eigenvalue weighted by Gasteiger charge is 2.33. The van der Waals surface area contributed by atoms with Crippen molar-refractivity contribution in [1.29, 1.82) is 0 Å². The van der Waals surface area contributed by atoms with Crippen LogP contribution in [0.1, 0.15) is 53.1 Å². The van der Waals surface area contributed by atoms with Gasteiger partial charge in [-0.05, 0) is 62.4 Å². The van der Waals surface area contributed by atoms with E-state index in [9.17, 15) is 9.59 Å². The van der Waals surface area contributed by atoms with E-state index < -0.39 is 6.04 Å². The molecule has 1 saturated heterocycles. The molecule has 1 aliphatic rings. The van der Waals surface area contributed by atoms with Gasteiger partial charge in [0.25, 0.3) is 5.91 Å². The third kappa shape index (κ3) is 3.60. The smallest absolute Gasteiger partial charge is 0.287 e. The van der Waals surface area contributed by atoms with Gasteiger partial charge in [0, 0.05) is 6.54 Å². The Morgan fingerprint density at radius 2 is 2.04 bits per heavy atom. The Kier molecular flexibility index (Phi) is 4.93. The molecular formula is C20H24N2O3. The lowest BCUT2D eigenvalue weighted by molar-refractivity contribution is -0.133. The molecule has 2 amide bonds. The normalized spacial score (nSPS) is 18.2. The zero-order valence-electron chi connectivity index (χ0n) is 14.9. The SMILES string of the molecule is Cc1ccc([C@H]2CCCN2C(=O)[C@@H](C)NC(=O)c2ccco2)cc1C. The van der Waals surface area contributed by atoms with Gasteiger partial charge in [0.2, 0.25) is 5.91 Å². The maximum absolute atomic E-state index is 12.9. The van der Waals surface area contributed by atoms with Crippen LogP contribution >= 0.6 is 0 Å². The van der Waals surface area contributed by atoms with Crippen LogP contribution < -0.4 is 5.32 Å². The first kappa shape index (κ1) is 17.3. The molecule has 1 fully saturated rings. The quantitative estimate of drug-likeness (QED) is 0.928. The minimum Gasteiger partial charge on any atom is -0.459 e. The fourth-order valence-electron chi connectivity index (χ4n) is 3.33. The highest BCUT2D eigenvalue weighted by atomic mass is 16.3. The third-order valence-corrected chi connectivity index (χ3v) is 4.91. The molecule has 132 valence electrons. The lowest BCUT2D eigenvalue weighted by Crippen LogP contribution is -2.46. The Balaban J connectivity index is 1.71. The van der Waals surface area contributed by atoms with Gasteiger partial charge in [-0.1, -0.05) is 18.2 Å². The van der Waals surface area contributed by atoms with E-state index in [1.807, 2.05) is 4.90 Å². The van der Waals surface area contributed by atoms with Crippen molar-refractivity contribution in [2.75, 3.05) is 6.54 Å². The summed E-state index contributed by atoms with van der Waals surface area (Å²) < 4.78 is 5.08. The van der Waals surface area contributed by atoms with Crippen LogP contribution in [0.3, 0.4) is 0 Å². The van der Waals surface area contributed by atoms with Crippen LogP contribution in [0.25, 0.3) is 0 Å². The van der Waals surface area contributed by atoms with Crippen LogP contribution in [0.15, 0.2) is 41.0 Å². The van der Waals surface area contributed by atoms with Crippen molar-refractivity contribution in [3.8, 4) is 0 Å². The first-order chi connectivity index (χ1) is 12.0. The van der Waals surface area contributed by atoms with Crippen LogP contribution in [-0.2, 0) is 4.79 Å². The van der Waals surface area contributed by atoms with Crippen molar-refractivity contribution in [3.05, 3.63) is 59.0 Å². The average Bonchev–Trinajstić information content (AvgIpc) is 3.28. The number of hydrogen-bond donors (Lipinski definition) is 1. The van der Waals surface area contributed by atoms with Crippen LogP contribution in [-0.4, -0.2) is 29.3 Å². The van der Waals surface area contributed by atoms with Crippen molar-refractivity contribution in [1.82, 2.24) is 10.2 Å². The zero-order valence-corrected chi connectivity index (χ0v) is 14.9. The maximum atomic E-state index is 12.9. The van der Waals surface area contributed by atoms with Crippen LogP contribution in [0.2, 0.25) is 0 Å². The zero-order chi connectivity index (χ0) is 18.0. The number of carbonyl (C=O) groups is 2. The van der Waals surface area contributed by atoms with Crippen molar-refractivity contribution in [2.45, 2.75) is 45.7 Å². The lowest BCUT2D eigenvalue weighted by Gasteiger charge is -2.28. The van der Waals surface area contributed by atoms with Crippen molar-refractivity contribution >= 4 is 11.8 Å². The van der Waals surface area contributed by atoms with Crippen molar-refractivity contribution < 1.29 is 14.0 Å². The number of nitrogens with one attached hydrogen (secondary N) is 1. The number of furan rings is 1. The first-order valence-electron chi connectivity index (χ1n) is 8.69. The van der Waals surface area contributed by atoms with Crippen molar-refractivity contribution in [2.24, 2.45) is 0 Å². The standard InChI is InChI=1S/C20H24N2O3/c1-13-8-9-16(12-14(13)2)17-6-4-10-22(17)20(24)15(3)21-19(23)18-7-5-11-25-18/h5,7-9,11-12,15,17H,4,6,10H2,1-3H3,(H,21,23)/t15-,17-/m1/s1. The number of likely N-dealkylation sites (tertiary alicyclic amines) is 1. The van der Waals surface area contributed by atoms with E-state index in [-0.39, 0.29) is 23.6 Å². The third-order valence-electron chi connectivity index (χ3n) is 4.91. The topological polar surface area (TPSA) is 62.6 Å². The Bertz CT molecular complexity index is 767. The molecule has 0 bridgehead atoms. The van der Waals surface area contributed by atoms with Crippen molar-refractivity contribution in [3.63, 3.8) is 0 Å². The summed E-state index contributed by atoms with van der Waals surface area (Å²) in [5.41, 5.74) is 3.65. The molecule has 3 rings (SSSR count). The molecule has 0 spiro atoms. The number of amides is 2. The fourth-order valence-corrected chi connectivity index (χ4v) is 3.33. The molecule has 1 N–H and O–H groups in total. The summed E-state index contributed by atoms with van der Waals surface area (Å²) >= 11 is 0. The second kappa shape index (κ2) is 7.13. The van der Waals surface area contributed by atoms with E-state index in [0.717, 1.165) is 19.4 Å². The van der Waals surface area contributed by atoms with Gasteiger partial charge in [0.05, 0.1) is 12.3 Å². The highest BCUT2D eigenvalue weighted by Crippen LogP contribution is 2.33. The monoisotopic (exact) mass is 340 g/mol. The number of nitrogens with zero attached hydrogens (tertiary/aromatic N) is 1. The Morgan fingerprint density at radius 3 is 2.72 bits per heavy atom. The van der Waals surface area contributed by atoms with Gasteiger partial charge in [0.1, 0.15) is 6.04 Å². The molecule has 5 nitrogen and oxygen atoms in total. The van der Waals surface area contributed by atoms with Gasteiger partial charge in [-0.25, -0.2) is 0 Å². The molecule has 2 aromatic rings. The average molecular weight is 340 g/mol. The van der Waals surface area contributed by atoms with Gasteiger partial charge in [-0.2, -0.15) is 0 Å².